The second-order valence-corrected chi connectivity index (χ2v) is 20.1. The van der Waals surface area contributed by atoms with E-state index >= 15 is 0 Å². The minimum absolute atomic E-state index is 0.0211. The van der Waals surface area contributed by atoms with Crippen LogP contribution in [0.3, 0.4) is 0 Å². The number of sulfonamides is 1. The normalized spacial score (nSPS) is 29.0. The molecule has 4 bridgehead atoms. The molecule has 0 radical (unpaired) electrons. The molecule has 58 heavy (non-hydrogen) atoms. The van der Waals surface area contributed by atoms with Gasteiger partial charge in [-0.1, -0.05) is 39.2 Å². The molecule has 14 nitrogen and oxygen atoms in total. The van der Waals surface area contributed by atoms with E-state index in [1.165, 1.54) is 16.5 Å². The second-order valence-electron chi connectivity index (χ2n) is 18.2. The highest BCUT2D eigenvalue weighted by atomic mass is 32.2. The van der Waals surface area contributed by atoms with Crippen LogP contribution in [0.15, 0.2) is 24.8 Å². The largest absolute Gasteiger partial charge is 0.496 e. The first-order valence-electron chi connectivity index (χ1n) is 21.2. The van der Waals surface area contributed by atoms with Crippen molar-refractivity contribution in [2.24, 2.45) is 17.3 Å². The molecule has 2 aromatic rings. The number of cyclic esters (lactones) is 1. The number of aromatic nitrogens is 1. The zero-order valence-electron chi connectivity index (χ0n) is 33.9. The van der Waals surface area contributed by atoms with Gasteiger partial charge in [0.05, 0.1) is 25.5 Å². The average Bonchev–Trinajstić information content (AvgIpc) is 4.09. The Hall–Kier alpha value is -4.40. The fourth-order valence-electron chi connectivity index (χ4n) is 9.69. The van der Waals surface area contributed by atoms with Crippen LogP contribution in [0.4, 0.5) is 4.79 Å². The second kappa shape index (κ2) is 15.6. The molecule has 3 heterocycles. The van der Waals surface area contributed by atoms with Gasteiger partial charge in [0.25, 0.3) is 5.91 Å². The van der Waals surface area contributed by atoms with Crippen molar-refractivity contribution < 1.29 is 41.8 Å². The Balaban J connectivity index is 1.17. The van der Waals surface area contributed by atoms with Gasteiger partial charge < -0.3 is 29.7 Å². The van der Waals surface area contributed by atoms with E-state index in [0.717, 1.165) is 92.0 Å². The summed E-state index contributed by atoms with van der Waals surface area (Å²) in [4.78, 5) is 63.3. The first kappa shape index (κ1) is 40.4. The number of hydrogen-bond donors (Lipinski definition) is 3. The molecule has 3 N–H and O–H groups in total. The molecule has 0 unspecified atom stereocenters. The topological polar surface area (TPSA) is 182 Å². The van der Waals surface area contributed by atoms with Gasteiger partial charge in [-0.3, -0.25) is 19.1 Å². The van der Waals surface area contributed by atoms with Crippen molar-refractivity contribution in [1.82, 2.24) is 25.2 Å². The van der Waals surface area contributed by atoms with Crippen LogP contribution >= 0.6 is 0 Å². The van der Waals surface area contributed by atoms with Crippen LogP contribution in [0.2, 0.25) is 0 Å². The molecule has 1 aromatic heterocycles. The number of carbonyl (C=O) groups excluding carboxylic acids is 4. The van der Waals surface area contributed by atoms with Crippen LogP contribution < -0.4 is 24.8 Å². The number of benzene rings is 1. The molecule has 3 saturated carbocycles. The highest BCUT2D eigenvalue weighted by Gasteiger charge is 2.62. The summed E-state index contributed by atoms with van der Waals surface area (Å²) in [7, 11) is -2.22. The lowest BCUT2D eigenvalue weighted by molar-refractivity contribution is -0.142. The summed E-state index contributed by atoms with van der Waals surface area (Å²) in [6.45, 7) is 8.10. The smallest absolute Gasteiger partial charge is 0.407 e. The Labute approximate surface area is 340 Å². The number of alkyl carbamates (subject to hydrolysis) is 1. The average molecular weight is 820 g/mol. The van der Waals surface area contributed by atoms with Crippen molar-refractivity contribution in [1.29, 1.82) is 0 Å². The fourth-order valence-corrected chi connectivity index (χ4v) is 11.1. The lowest BCUT2D eigenvalue weighted by atomic mass is 9.83. The summed E-state index contributed by atoms with van der Waals surface area (Å²) in [5.41, 5.74) is 1.24. The molecule has 0 spiro atoms. The number of rotatable bonds is 8. The van der Waals surface area contributed by atoms with Gasteiger partial charge >= 0.3 is 6.09 Å². The van der Waals surface area contributed by atoms with Crippen LogP contribution in [-0.4, -0.2) is 91.4 Å². The highest BCUT2D eigenvalue weighted by molar-refractivity contribution is 7.91. The minimum Gasteiger partial charge on any atom is -0.496 e. The lowest BCUT2D eigenvalue weighted by Gasteiger charge is -2.35. The van der Waals surface area contributed by atoms with E-state index in [-0.39, 0.29) is 37.3 Å². The van der Waals surface area contributed by atoms with Gasteiger partial charge in [-0.15, -0.1) is 6.58 Å². The van der Waals surface area contributed by atoms with Crippen molar-refractivity contribution in [2.75, 3.05) is 20.3 Å². The number of aryl methyl sites for hydroxylation is 3. The molecule has 4 amide bonds. The number of methoxy groups -OCH3 is 1. The van der Waals surface area contributed by atoms with Crippen LogP contribution in [-0.2, 0) is 48.4 Å². The molecular weight excluding hydrogens is 763 g/mol. The molecule has 2 aliphatic heterocycles. The quantitative estimate of drug-likeness (QED) is 0.314. The van der Waals surface area contributed by atoms with Crippen LogP contribution in [0.25, 0.3) is 10.8 Å². The molecule has 1 saturated heterocycles. The molecule has 4 fully saturated rings. The van der Waals surface area contributed by atoms with Gasteiger partial charge in [0.2, 0.25) is 27.7 Å². The van der Waals surface area contributed by atoms with Crippen molar-refractivity contribution in [2.45, 2.75) is 139 Å². The predicted octanol–water partition coefficient (Wildman–Crippen LogP) is 4.79. The fraction of sp³-hybridized carbons (Fsp3) is 0.651. The Kier molecular flexibility index (Phi) is 10.9. The zero-order chi connectivity index (χ0) is 41.0. The van der Waals surface area contributed by atoms with Gasteiger partial charge in [0, 0.05) is 23.4 Å². The van der Waals surface area contributed by atoms with E-state index in [9.17, 15) is 27.6 Å². The van der Waals surface area contributed by atoms with E-state index in [0.29, 0.717) is 25.1 Å². The van der Waals surface area contributed by atoms with Crippen molar-refractivity contribution in [3.05, 3.63) is 41.6 Å². The molecule has 4 aliphatic carbocycles. The Morgan fingerprint density at radius 3 is 2.52 bits per heavy atom. The molecule has 314 valence electrons. The SMILES string of the molecule is C=C[C@@H]1C[C@]1(NC(=O)[C@@H]1C[C@@H]2CN1C(=O)[C@H](C1CCCCC1)NC(=O)OCC(C)(C)CCCc1cc3c(nc4c(c3cc1OC)CCC4)O2)C(=O)NS(=O)(=O)C1CC1. The third-order valence-electron chi connectivity index (χ3n) is 13.3. The van der Waals surface area contributed by atoms with Crippen LogP contribution in [0.5, 0.6) is 11.6 Å². The summed E-state index contributed by atoms with van der Waals surface area (Å²) in [5.74, 6) is -1.32. The first-order chi connectivity index (χ1) is 27.7. The number of hydrogen-bond acceptors (Lipinski definition) is 10. The van der Waals surface area contributed by atoms with E-state index in [1.807, 2.05) is 0 Å². The number of nitrogens with zero attached hydrogens (tertiary/aromatic N) is 2. The van der Waals surface area contributed by atoms with Gasteiger partial charge in [0.1, 0.15) is 29.5 Å². The summed E-state index contributed by atoms with van der Waals surface area (Å²) in [6, 6.07) is 2.11. The molecule has 1 aromatic carbocycles. The molecule has 6 aliphatic rings. The molecular formula is C43H57N5O9S. The van der Waals surface area contributed by atoms with Crippen molar-refractivity contribution in [3.63, 3.8) is 0 Å². The molecule has 15 heteroatoms. The summed E-state index contributed by atoms with van der Waals surface area (Å²) < 4.78 is 46.4. The van der Waals surface area contributed by atoms with Gasteiger partial charge in [0.15, 0.2) is 0 Å². The van der Waals surface area contributed by atoms with Gasteiger partial charge in [-0.2, -0.15) is 0 Å². The van der Waals surface area contributed by atoms with E-state index in [2.05, 4.69) is 47.9 Å². The van der Waals surface area contributed by atoms with Gasteiger partial charge in [-0.25, -0.2) is 18.2 Å². The van der Waals surface area contributed by atoms with E-state index < -0.39 is 68.7 Å². The monoisotopic (exact) mass is 819 g/mol. The predicted molar refractivity (Wildman–Crippen MR) is 216 cm³/mol. The standard InChI is InChI=1S/C43H57N5O9S/c1-5-27-22-43(27,40(51)47-58(53,54)29-16-17-29)46-37(49)34-20-28-23-48(34)39(50)36(25-11-7-6-8-12-25)45-41(52)56-24-42(2,3)18-10-13-26-19-32-31(21-35(26)55-4)30-14-9-15-33(30)44-38(32)57-28/h5,19,21,25,27-29,34,36H,1,6-18,20,22-24H2,2-4H3,(H,45,52)(H,46,49)(H,47,51)/t27-,28-,34+,36+,43-/m1/s1. The highest BCUT2D eigenvalue weighted by Crippen LogP contribution is 2.46. The minimum atomic E-state index is -3.90. The molecule has 5 atom stereocenters. The van der Waals surface area contributed by atoms with Crippen LogP contribution in [0.1, 0.15) is 108 Å². The number of ether oxygens (including phenoxy) is 3. The first-order valence-corrected chi connectivity index (χ1v) is 22.7. The number of nitrogens with one attached hydrogen (secondary N) is 3. The maximum atomic E-state index is 15.0. The maximum absolute atomic E-state index is 15.0. The van der Waals surface area contributed by atoms with Crippen molar-refractivity contribution >= 4 is 44.6 Å². The number of fused-ring (bicyclic) bond motifs is 5. The lowest BCUT2D eigenvalue weighted by Crippen LogP contribution is -2.59. The molecule has 8 rings (SSSR count). The Bertz CT molecular complexity index is 2110. The number of carbonyl (C=O) groups is 4. The Morgan fingerprint density at radius 1 is 1.03 bits per heavy atom. The van der Waals surface area contributed by atoms with Gasteiger partial charge in [-0.05, 0) is 111 Å². The Morgan fingerprint density at radius 2 is 1.81 bits per heavy atom. The zero-order valence-corrected chi connectivity index (χ0v) is 34.7. The third kappa shape index (κ3) is 7.99. The van der Waals surface area contributed by atoms with Crippen LogP contribution in [0, 0.1) is 17.3 Å². The summed E-state index contributed by atoms with van der Waals surface area (Å²) in [6.07, 6.45) is 10.6. The number of pyridine rings is 1. The summed E-state index contributed by atoms with van der Waals surface area (Å²) >= 11 is 0. The summed E-state index contributed by atoms with van der Waals surface area (Å²) in [5, 5.41) is 7.03. The maximum Gasteiger partial charge on any atom is 0.407 e. The van der Waals surface area contributed by atoms with Crippen molar-refractivity contribution in [3.8, 4) is 11.6 Å². The third-order valence-corrected chi connectivity index (χ3v) is 15.2. The number of amides is 4. The van der Waals surface area contributed by atoms with E-state index in [1.54, 1.807) is 7.11 Å². The van der Waals surface area contributed by atoms with E-state index in [4.69, 9.17) is 19.2 Å².